The van der Waals surface area contributed by atoms with Crippen LogP contribution in [0.1, 0.15) is 13.8 Å². The van der Waals surface area contributed by atoms with Gasteiger partial charge in [0.1, 0.15) is 11.7 Å². The van der Waals surface area contributed by atoms with Gasteiger partial charge in [-0.05, 0) is 6.92 Å². The van der Waals surface area contributed by atoms with Crippen molar-refractivity contribution in [2.45, 2.75) is 19.9 Å². The summed E-state index contributed by atoms with van der Waals surface area (Å²) in [5.41, 5.74) is -0.0805. The molecule has 76 valence electrons. The lowest BCUT2D eigenvalue weighted by Gasteiger charge is -2.35. The Morgan fingerprint density at radius 1 is 1.43 bits per heavy atom. The van der Waals surface area contributed by atoms with Gasteiger partial charge in [0.15, 0.2) is 0 Å². The molecule has 0 aromatic rings. The Kier molecular flexibility index (Phi) is 2.42. The molecule has 1 heterocycles. The van der Waals surface area contributed by atoms with Gasteiger partial charge in [0.25, 0.3) is 11.8 Å². The highest BCUT2D eigenvalue weighted by molar-refractivity contribution is 6.11. The van der Waals surface area contributed by atoms with E-state index >= 15 is 0 Å². The van der Waals surface area contributed by atoms with Crippen LogP contribution in [0.4, 0.5) is 0 Å². The summed E-state index contributed by atoms with van der Waals surface area (Å²) < 4.78 is 0. The van der Waals surface area contributed by atoms with Crippen molar-refractivity contribution in [3.63, 3.8) is 0 Å². The van der Waals surface area contributed by atoms with Crippen LogP contribution in [0.2, 0.25) is 0 Å². The maximum absolute atomic E-state index is 11.6. The van der Waals surface area contributed by atoms with E-state index < -0.39 is 23.8 Å². The standard InChI is InChI=1S/C9H12N2O3/c1-5-9(14)11(7(3)12)6(2)8(13)10(5)4/h5H,2H2,1,3-4H3. The minimum atomic E-state index is -0.614. The quantitative estimate of drug-likeness (QED) is 0.501. The van der Waals surface area contributed by atoms with Crippen molar-refractivity contribution in [1.82, 2.24) is 9.80 Å². The minimum Gasteiger partial charge on any atom is -0.329 e. The molecule has 1 saturated heterocycles. The first-order valence-corrected chi connectivity index (χ1v) is 4.18. The summed E-state index contributed by atoms with van der Waals surface area (Å²) in [7, 11) is 1.51. The lowest BCUT2D eigenvalue weighted by Crippen LogP contribution is -2.56. The summed E-state index contributed by atoms with van der Waals surface area (Å²) in [5, 5.41) is 0. The third kappa shape index (κ3) is 1.30. The Balaban J connectivity index is 3.11. The molecule has 0 radical (unpaired) electrons. The molecule has 3 amide bonds. The van der Waals surface area contributed by atoms with Gasteiger partial charge in [-0.1, -0.05) is 6.58 Å². The van der Waals surface area contributed by atoms with E-state index in [-0.39, 0.29) is 5.70 Å². The van der Waals surface area contributed by atoms with Crippen molar-refractivity contribution in [3.05, 3.63) is 12.3 Å². The van der Waals surface area contributed by atoms with Crippen LogP contribution in [0.25, 0.3) is 0 Å². The second-order valence-electron chi connectivity index (χ2n) is 3.23. The molecule has 0 aliphatic carbocycles. The Morgan fingerprint density at radius 3 is 2.36 bits per heavy atom. The molecule has 0 saturated carbocycles. The Morgan fingerprint density at radius 2 is 1.93 bits per heavy atom. The number of rotatable bonds is 0. The Hall–Kier alpha value is -1.65. The SMILES string of the molecule is C=C1C(=O)N(C)C(C)C(=O)N1C(C)=O. The average molecular weight is 196 g/mol. The highest BCUT2D eigenvalue weighted by Crippen LogP contribution is 2.18. The van der Waals surface area contributed by atoms with Gasteiger partial charge in [0.05, 0.1) is 0 Å². The third-order valence-corrected chi connectivity index (χ3v) is 2.31. The van der Waals surface area contributed by atoms with E-state index in [2.05, 4.69) is 6.58 Å². The molecule has 1 aliphatic rings. The normalized spacial score (nSPS) is 23.1. The van der Waals surface area contributed by atoms with Crippen molar-refractivity contribution in [2.75, 3.05) is 7.05 Å². The molecule has 1 aliphatic heterocycles. The van der Waals surface area contributed by atoms with Crippen molar-refractivity contribution >= 4 is 17.7 Å². The fourth-order valence-corrected chi connectivity index (χ4v) is 1.31. The number of amides is 3. The molecule has 1 rings (SSSR count). The molecule has 1 fully saturated rings. The zero-order valence-electron chi connectivity index (χ0n) is 8.40. The molecule has 0 aromatic carbocycles. The molecular weight excluding hydrogens is 184 g/mol. The monoisotopic (exact) mass is 196 g/mol. The highest BCUT2D eigenvalue weighted by atomic mass is 16.2. The van der Waals surface area contributed by atoms with Crippen LogP contribution < -0.4 is 0 Å². The van der Waals surface area contributed by atoms with E-state index in [0.717, 1.165) is 4.90 Å². The first-order valence-electron chi connectivity index (χ1n) is 4.18. The Bertz CT molecular complexity index is 335. The summed E-state index contributed by atoms with van der Waals surface area (Å²) in [5.74, 6) is -1.29. The molecule has 1 atom stereocenters. The minimum absolute atomic E-state index is 0.0805. The van der Waals surface area contributed by atoms with Crippen molar-refractivity contribution in [3.8, 4) is 0 Å². The third-order valence-electron chi connectivity index (χ3n) is 2.31. The molecule has 5 heteroatoms. The summed E-state index contributed by atoms with van der Waals surface area (Å²) >= 11 is 0. The predicted octanol–water partition coefficient (Wildman–Crippen LogP) is -0.264. The molecular formula is C9H12N2O3. The maximum Gasteiger partial charge on any atom is 0.270 e. The van der Waals surface area contributed by atoms with Gasteiger partial charge in [-0.2, -0.15) is 0 Å². The number of carbonyl (C=O) groups is 3. The van der Waals surface area contributed by atoms with Gasteiger partial charge in [-0.25, -0.2) is 4.90 Å². The smallest absolute Gasteiger partial charge is 0.270 e. The van der Waals surface area contributed by atoms with Crippen LogP contribution in [0.5, 0.6) is 0 Å². The Labute approximate surface area is 82.0 Å². The number of piperazine rings is 1. The summed E-state index contributed by atoms with van der Waals surface area (Å²) in [6.45, 7) is 6.23. The van der Waals surface area contributed by atoms with Gasteiger partial charge in [0.2, 0.25) is 5.91 Å². The van der Waals surface area contributed by atoms with E-state index in [1.165, 1.54) is 18.9 Å². The molecule has 5 nitrogen and oxygen atoms in total. The molecule has 0 N–H and O–H groups in total. The number of likely N-dealkylation sites (N-methyl/N-ethyl adjacent to an activating group) is 1. The second kappa shape index (κ2) is 3.25. The van der Waals surface area contributed by atoms with E-state index in [0.29, 0.717) is 0 Å². The van der Waals surface area contributed by atoms with Crippen molar-refractivity contribution in [1.29, 1.82) is 0 Å². The molecule has 0 aromatic heterocycles. The van der Waals surface area contributed by atoms with E-state index in [9.17, 15) is 14.4 Å². The maximum atomic E-state index is 11.6. The summed E-state index contributed by atoms with van der Waals surface area (Å²) in [4.78, 5) is 36.2. The van der Waals surface area contributed by atoms with Crippen LogP contribution in [0.3, 0.4) is 0 Å². The lowest BCUT2D eigenvalue weighted by molar-refractivity contribution is -0.154. The number of nitrogens with zero attached hydrogens (tertiary/aromatic N) is 2. The fourth-order valence-electron chi connectivity index (χ4n) is 1.31. The van der Waals surface area contributed by atoms with E-state index in [1.54, 1.807) is 6.92 Å². The van der Waals surface area contributed by atoms with Crippen LogP contribution in [-0.2, 0) is 14.4 Å². The average Bonchev–Trinajstić information content (AvgIpc) is 2.11. The van der Waals surface area contributed by atoms with Gasteiger partial charge in [0, 0.05) is 14.0 Å². The van der Waals surface area contributed by atoms with Gasteiger partial charge in [-0.15, -0.1) is 0 Å². The predicted molar refractivity (Wildman–Crippen MR) is 48.9 cm³/mol. The van der Waals surface area contributed by atoms with Gasteiger partial charge >= 0.3 is 0 Å². The topological polar surface area (TPSA) is 57.7 Å². The van der Waals surface area contributed by atoms with E-state index in [1.807, 2.05) is 0 Å². The van der Waals surface area contributed by atoms with Gasteiger partial charge in [-0.3, -0.25) is 14.4 Å². The molecule has 14 heavy (non-hydrogen) atoms. The number of hydrogen-bond donors (Lipinski definition) is 0. The van der Waals surface area contributed by atoms with Crippen LogP contribution in [0.15, 0.2) is 12.3 Å². The lowest BCUT2D eigenvalue weighted by atomic mass is 10.1. The first kappa shape index (κ1) is 10.4. The summed E-state index contributed by atoms with van der Waals surface area (Å²) in [6.07, 6.45) is 0. The van der Waals surface area contributed by atoms with Gasteiger partial charge < -0.3 is 4.90 Å². The zero-order valence-corrected chi connectivity index (χ0v) is 8.40. The first-order chi connectivity index (χ1) is 6.37. The fraction of sp³-hybridized carbons (Fsp3) is 0.444. The highest BCUT2D eigenvalue weighted by Gasteiger charge is 2.39. The van der Waals surface area contributed by atoms with Crippen LogP contribution in [0, 0.1) is 0 Å². The molecule has 1 unspecified atom stereocenters. The van der Waals surface area contributed by atoms with Crippen LogP contribution >= 0.6 is 0 Å². The molecule has 0 bridgehead atoms. The summed E-state index contributed by atoms with van der Waals surface area (Å²) in [6, 6.07) is -0.614. The zero-order chi connectivity index (χ0) is 11.0. The second-order valence-corrected chi connectivity index (χ2v) is 3.23. The van der Waals surface area contributed by atoms with Crippen LogP contribution in [-0.4, -0.2) is 40.6 Å². The van der Waals surface area contributed by atoms with Crippen molar-refractivity contribution < 1.29 is 14.4 Å². The van der Waals surface area contributed by atoms with E-state index in [4.69, 9.17) is 0 Å². The number of carbonyl (C=O) groups excluding carboxylic acids is 3. The largest absolute Gasteiger partial charge is 0.329 e. The molecule has 0 spiro atoms. The van der Waals surface area contributed by atoms with Crippen molar-refractivity contribution in [2.24, 2.45) is 0 Å². The number of imide groups is 1. The number of hydrogen-bond acceptors (Lipinski definition) is 3.